The molecule has 1 aliphatic rings. The lowest BCUT2D eigenvalue weighted by atomic mass is 9.95. The van der Waals surface area contributed by atoms with Crippen LogP contribution in [-0.4, -0.2) is 31.9 Å². The summed E-state index contributed by atoms with van der Waals surface area (Å²) in [6.45, 7) is 10.8. The molecule has 1 unspecified atom stereocenters. The molecule has 0 radical (unpaired) electrons. The van der Waals surface area contributed by atoms with Gasteiger partial charge < -0.3 is 24.7 Å². The molecule has 7 rings (SSSR count). The van der Waals surface area contributed by atoms with Crippen molar-refractivity contribution in [2.45, 2.75) is 33.0 Å². The highest BCUT2D eigenvalue weighted by atomic mass is 35.5. The van der Waals surface area contributed by atoms with Gasteiger partial charge in [-0.1, -0.05) is 78.3 Å². The molecule has 246 valence electrons. The normalized spacial score (nSPS) is 13.8. The van der Waals surface area contributed by atoms with Crippen LogP contribution < -0.4 is 10.2 Å². The highest BCUT2D eigenvalue weighted by Crippen LogP contribution is 2.41. The van der Waals surface area contributed by atoms with E-state index in [4.69, 9.17) is 28.2 Å². The Bertz CT molecular complexity index is 2180. The molecule has 2 N–H and O–H groups in total. The minimum absolute atomic E-state index is 0.153. The molecule has 1 aliphatic heterocycles. The SMILES string of the molecule is C=CN(/C(=C(\C)c1ccccc1)c1c(C(=O)Nc2cccnc2N2CCn3cccc3C2)[nH]c2cc(Cl)ccc12)C(C)c1ccc(Cl)cc1. The van der Waals surface area contributed by atoms with Crippen molar-refractivity contribution in [3.05, 3.63) is 160 Å². The Hall–Kier alpha value is -5.24. The number of allylic oxidation sites excluding steroid dienone is 1. The molecule has 0 saturated heterocycles. The summed E-state index contributed by atoms with van der Waals surface area (Å²) >= 11 is 12.8. The average molecular weight is 688 g/mol. The number of rotatable bonds is 9. The van der Waals surface area contributed by atoms with Gasteiger partial charge in [0, 0.05) is 57.7 Å². The number of amides is 1. The van der Waals surface area contributed by atoms with Crippen molar-refractivity contribution in [1.29, 1.82) is 0 Å². The van der Waals surface area contributed by atoms with Crippen LogP contribution in [-0.2, 0) is 13.1 Å². The Kier molecular flexibility index (Phi) is 9.04. The van der Waals surface area contributed by atoms with Gasteiger partial charge in [-0.15, -0.1) is 0 Å². The fraction of sp³-hybridized carbons (Fsp3) is 0.150. The summed E-state index contributed by atoms with van der Waals surface area (Å²) in [5, 5.41) is 5.31. The number of aromatic amines is 1. The third kappa shape index (κ3) is 6.35. The zero-order chi connectivity index (χ0) is 34.1. The van der Waals surface area contributed by atoms with E-state index in [0.717, 1.165) is 57.8 Å². The monoisotopic (exact) mass is 686 g/mol. The number of H-pyrrole nitrogens is 1. The Morgan fingerprint density at radius 1 is 0.980 bits per heavy atom. The zero-order valence-electron chi connectivity index (χ0n) is 27.3. The Morgan fingerprint density at radius 3 is 2.53 bits per heavy atom. The lowest BCUT2D eigenvalue weighted by Crippen LogP contribution is -2.34. The minimum Gasteiger partial charge on any atom is -0.350 e. The number of nitrogens with one attached hydrogen (secondary N) is 2. The molecule has 4 heterocycles. The summed E-state index contributed by atoms with van der Waals surface area (Å²) in [6, 6.07) is 31.4. The molecule has 0 fully saturated rings. The van der Waals surface area contributed by atoms with Crippen molar-refractivity contribution in [1.82, 2.24) is 19.4 Å². The van der Waals surface area contributed by atoms with E-state index in [0.29, 0.717) is 28.0 Å². The van der Waals surface area contributed by atoms with Crippen LogP contribution in [0, 0.1) is 0 Å². The fourth-order valence-electron chi connectivity index (χ4n) is 6.69. The number of fused-ring (bicyclic) bond motifs is 2. The molecule has 1 atom stereocenters. The van der Waals surface area contributed by atoms with Gasteiger partial charge in [-0.05, 0) is 85.3 Å². The second-order valence-electron chi connectivity index (χ2n) is 12.2. The van der Waals surface area contributed by atoms with Crippen LogP contribution in [0.5, 0.6) is 0 Å². The summed E-state index contributed by atoms with van der Waals surface area (Å²) < 4.78 is 2.25. The average Bonchev–Trinajstić information content (AvgIpc) is 3.75. The van der Waals surface area contributed by atoms with Crippen molar-refractivity contribution < 1.29 is 4.79 Å². The van der Waals surface area contributed by atoms with E-state index < -0.39 is 0 Å². The van der Waals surface area contributed by atoms with Gasteiger partial charge in [-0.3, -0.25) is 4.79 Å². The standard InChI is InChI=1S/C40H36Cl2N6O/c1-4-48(27(3)29-14-16-30(41)17-15-29)38(26(2)28-10-6-5-7-11-28)36-33-19-18-31(42)24-35(33)44-37(36)40(49)45-34-13-8-20-43-39(34)47-23-22-46-21-9-12-32(46)25-47/h4-21,24,27,44H,1,22-23,25H2,2-3H3,(H,45,49)/b38-26+. The summed E-state index contributed by atoms with van der Waals surface area (Å²) in [7, 11) is 0. The number of carbonyl (C=O) groups excluding carboxylic acids is 1. The number of nitrogens with zero attached hydrogens (tertiary/aromatic N) is 4. The molecule has 1 amide bonds. The van der Waals surface area contributed by atoms with E-state index in [-0.39, 0.29) is 11.9 Å². The van der Waals surface area contributed by atoms with Crippen LogP contribution in [0.1, 0.15) is 52.8 Å². The zero-order valence-corrected chi connectivity index (χ0v) is 28.8. The lowest BCUT2D eigenvalue weighted by Gasteiger charge is -2.33. The van der Waals surface area contributed by atoms with Gasteiger partial charge in [0.05, 0.1) is 24.0 Å². The van der Waals surface area contributed by atoms with Crippen molar-refractivity contribution in [2.75, 3.05) is 16.8 Å². The van der Waals surface area contributed by atoms with Crippen molar-refractivity contribution in [3.8, 4) is 0 Å². The van der Waals surface area contributed by atoms with E-state index in [2.05, 4.69) is 75.6 Å². The summed E-state index contributed by atoms with van der Waals surface area (Å²) in [5.41, 5.74) is 7.61. The molecule has 0 spiro atoms. The molecule has 3 aromatic carbocycles. The maximum atomic E-state index is 14.6. The molecular weight excluding hydrogens is 651 g/mol. The topological polar surface area (TPSA) is 69.2 Å². The third-order valence-electron chi connectivity index (χ3n) is 9.23. The molecule has 0 saturated carbocycles. The second-order valence-corrected chi connectivity index (χ2v) is 13.0. The molecule has 49 heavy (non-hydrogen) atoms. The Morgan fingerprint density at radius 2 is 1.76 bits per heavy atom. The van der Waals surface area contributed by atoms with Crippen LogP contribution in [0.25, 0.3) is 22.2 Å². The first kappa shape index (κ1) is 32.3. The number of halogens is 2. The highest BCUT2D eigenvalue weighted by Gasteiger charge is 2.29. The number of hydrogen-bond donors (Lipinski definition) is 2. The number of carbonyl (C=O) groups is 1. The molecule has 7 nitrogen and oxygen atoms in total. The number of aromatic nitrogens is 3. The summed E-state index contributed by atoms with van der Waals surface area (Å²) in [6.07, 6.45) is 5.68. The highest BCUT2D eigenvalue weighted by molar-refractivity contribution is 6.31. The first-order chi connectivity index (χ1) is 23.8. The van der Waals surface area contributed by atoms with Crippen LogP contribution in [0.3, 0.4) is 0 Å². The molecule has 3 aromatic heterocycles. The first-order valence-corrected chi connectivity index (χ1v) is 17.0. The fourth-order valence-corrected chi connectivity index (χ4v) is 6.99. The smallest absolute Gasteiger partial charge is 0.272 e. The largest absolute Gasteiger partial charge is 0.350 e. The number of benzene rings is 3. The predicted molar refractivity (Wildman–Crippen MR) is 202 cm³/mol. The quantitative estimate of drug-likeness (QED) is 0.159. The van der Waals surface area contributed by atoms with Crippen LogP contribution in [0.15, 0.2) is 122 Å². The van der Waals surface area contributed by atoms with Crippen LogP contribution >= 0.6 is 23.2 Å². The maximum Gasteiger partial charge on any atom is 0.272 e. The van der Waals surface area contributed by atoms with Crippen LogP contribution in [0.2, 0.25) is 10.0 Å². The van der Waals surface area contributed by atoms with Crippen molar-refractivity contribution >= 4 is 62.8 Å². The molecule has 0 bridgehead atoms. The van der Waals surface area contributed by atoms with Gasteiger partial charge in [0.15, 0.2) is 5.82 Å². The van der Waals surface area contributed by atoms with Gasteiger partial charge in [0.25, 0.3) is 5.91 Å². The maximum absolute atomic E-state index is 14.6. The number of hydrogen-bond acceptors (Lipinski definition) is 4. The van der Waals surface area contributed by atoms with Crippen molar-refractivity contribution in [3.63, 3.8) is 0 Å². The van der Waals surface area contributed by atoms with E-state index in [1.807, 2.05) is 79.0 Å². The van der Waals surface area contributed by atoms with E-state index in [1.54, 1.807) is 6.20 Å². The number of anilines is 2. The van der Waals surface area contributed by atoms with Gasteiger partial charge in [-0.2, -0.15) is 0 Å². The predicted octanol–water partition coefficient (Wildman–Crippen LogP) is 10.0. The first-order valence-electron chi connectivity index (χ1n) is 16.2. The molecule has 0 aliphatic carbocycles. The van der Waals surface area contributed by atoms with Gasteiger partial charge in [0.2, 0.25) is 0 Å². The Balaban J connectivity index is 1.37. The van der Waals surface area contributed by atoms with E-state index >= 15 is 0 Å². The van der Waals surface area contributed by atoms with Gasteiger partial charge in [0.1, 0.15) is 5.69 Å². The van der Waals surface area contributed by atoms with Gasteiger partial charge >= 0.3 is 0 Å². The second kappa shape index (κ2) is 13.7. The lowest BCUT2D eigenvalue weighted by molar-refractivity contribution is 0.102. The van der Waals surface area contributed by atoms with E-state index in [9.17, 15) is 4.79 Å². The molecular formula is C40H36Cl2N6O. The summed E-state index contributed by atoms with van der Waals surface area (Å²) in [5.74, 6) is 0.433. The third-order valence-corrected chi connectivity index (χ3v) is 9.72. The molecule has 9 heteroatoms. The van der Waals surface area contributed by atoms with Gasteiger partial charge in [-0.25, -0.2) is 4.98 Å². The molecule has 6 aromatic rings. The van der Waals surface area contributed by atoms with E-state index in [1.165, 1.54) is 5.69 Å². The number of pyridine rings is 1. The summed E-state index contributed by atoms with van der Waals surface area (Å²) in [4.78, 5) is 27.1. The minimum atomic E-state index is -0.293. The van der Waals surface area contributed by atoms with Crippen LogP contribution in [0.4, 0.5) is 11.5 Å². The Labute approximate surface area is 296 Å². The van der Waals surface area contributed by atoms with Crippen molar-refractivity contribution in [2.24, 2.45) is 0 Å².